The first-order valence-electron chi connectivity index (χ1n) is 9.96. The number of fused-ring (bicyclic) bond motifs is 1. The Bertz CT molecular complexity index is 1350. The monoisotopic (exact) mass is 523 g/mol. The number of carbonyl (C=O) groups is 3. The Hall–Kier alpha value is -3.97. The number of aliphatic carboxylic acids is 2. The normalized spacial score (nSPS) is 13.6. The fourth-order valence-corrected chi connectivity index (χ4v) is 3.45. The van der Waals surface area contributed by atoms with Gasteiger partial charge >= 0.3 is 11.9 Å². The van der Waals surface area contributed by atoms with Gasteiger partial charge in [0.1, 0.15) is 0 Å². The van der Waals surface area contributed by atoms with Gasteiger partial charge in [0.05, 0.1) is 17.9 Å². The predicted octanol–water partition coefficient (Wildman–Crippen LogP) is 1.95. The Morgan fingerprint density at radius 2 is 1.89 bits per heavy atom. The molecule has 0 bridgehead atoms. The molecule has 0 spiro atoms. The zero-order valence-corrected chi connectivity index (χ0v) is 19.5. The van der Waals surface area contributed by atoms with Crippen LogP contribution in [0.15, 0.2) is 35.3 Å². The van der Waals surface area contributed by atoms with Gasteiger partial charge in [-0.2, -0.15) is 4.98 Å². The summed E-state index contributed by atoms with van der Waals surface area (Å²) in [5, 5.41) is 21.3. The number of benzene rings is 1. The van der Waals surface area contributed by atoms with Crippen LogP contribution in [0.3, 0.4) is 0 Å². The van der Waals surface area contributed by atoms with Gasteiger partial charge in [0, 0.05) is 35.9 Å². The number of carboxylic acid groups (broad SMARTS) is 2. The first-order valence-corrected chi connectivity index (χ1v) is 10.7. The largest absolute Gasteiger partial charge is 0.481 e. The number of rotatable bonds is 9. The summed E-state index contributed by atoms with van der Waals surface area (Å²) >= 11 is 11.9. The topological polar surface area (TPSA) is 204 Å². The summed E-state index contributed by atoms with van der Waals surface area (Å²) < 4.78 is 0.272. The van der Waals surface area contributed by atoms with Crippen molar-refractivity contribution in [2.24, 2.45) is 0 Å². The van der Waals surface area contributed by atoms with Crippen LogP contribution in [-0.2, 0) is 9.59 Å². The lowest BCUT2D eigenvalue weighted by Gasteiger charge is -2.29. The summed E-state index contributed by atoms with van der Waals surface area (Å²) in [6.07, 6.45) is 0.224. The average Bonchev–Trinajstić information content (AvgIpc) is 2.81. The number of carbonyl (C=O) groups excluding carboxylic acids is 1. The van der Waals surface area contributed by atoms with Crippen molar-refractivity contribution in [2.75, 3.05) is 11.1 Å². The van der Waals surface area contributed by atoms with Crippen molar-refractivity contribution in [3.63, 3.8) is 0 Å². The molecule has 1 amide bonds. The number of aromatic nitrogens is 4. The first kappa shape index (κ1) is 25.6. The van der Waals surface area contributed by atoms with Gasteiger partial charge in [-0.25, -0.2) is 19.2 Å². The maximum atomic E-state index is 12.7. The second-order valence-corrected chi connectivity index (χ2v) is 8.37. The number of aromatic amines is 1. The molecule has 3 rings (SSSR count). The van der Waals surface area contributed by atoms with Gasteiger partial charge in [-0.05, 0) is 31.2 Å². The number of hydrogen-bond acceptors (Lipinski definition) is 9. The number of carboxylic acids is 2. The Morgan fingerprint density at radius 3 is 2.49 bits per heavy atom. The minimum Gasteiger partial charge on any atom is -0.481 e. The van der Waals surface area contributed by atoms with Crippen molar-refractivity contribution in [3.8, 4) is 0 Å². The zero-order chi connectivity index (χ0) is 25.9. The maximum Gasteiger partial charge on any atom is 0.346 e. The van der Waals surface area contributed by atoms with E-state index < -0.39 is 47.3 Å². The van der Waals surface area contributed by atoms with Crippen LogP contribution in [0.2, 0.25) is 0 Å². The highest BCUT2D eigenvalue weighted by atomic mass is 35.5. The molecular formula is C20H19Cl2N7O6. The van der Waals surface area contributed by atoms with Crippen LogP contribution in [0.25, 0.3) is 11.2 Å². The number of nitrogen functional groups attached to an aromatic ring is 1. The van der Waals surface area contributed by atoms with E-state index in [4.69, 9.17) is 34.2 Å². The van der Waals surface area contributed by atoms with E-state index in [0.717, 1.165) is 0 Å². The molecule has 15 heteroatoms. The summed E-state index contributed by atoms with van der Waals surface area (Å²) in [5.74, 6) is -3.96. The molecule has 2 unspecified atom stereocenters. The number of H-pyrrole nitrogens is 1. The quantitative estimate of drug-likeness (QED) is 0.155. The molecule has 0 aliphatic heterocycles. The lowest BCUT2D eigenvalue weighted by molar-refractivity contribution is -0.144. The number of amides is 1. The molecule has 2 heterocycles. The first-order chi connectivity index (χ1) is 16.4. The molecule has 0 fully saturated rings. The molecule has 1 aromatic carbocycles. The summed E-state index contributed by atoms with van der Waals surface area (Å²) in [7, 11) is 0. The Kier molecular flexibility index (Phi) is 7.41. The molecule has 0 aliphatic rings. The molecule has 0 saturated heterocycles. The number of anilines is 2. The van der Waals surface area contributed by atoms with Crippen molar-refractivity contribution in [1.82, 2.24) is 24.4 Å². The molecule has 0 saturated carbocycles. The summed E-state index contributed by atoms with van der Waals surface area (Å²) in [5.41, 5.74) is 6.12. The second-order valence-electron chi connectivity index (χ2n) is 7.41. The highest BCUT2D eigenvalue weighted by molar-refractivity contribution is 6.40. The molecule has 35 heavy (non-hydrogen) atoms. The molecule has 184 valence electrons. The standard InChI is InChI=1S/C20H19Cl2N7O6/c1-9(12-8-24-15-14(26-12)16(32)28-19(23)27-15)25-11-4-2-10(3-5-11)17(33)29(22)20(21,18(34)35)7-6-13(30)31/h2-5,8-9,25H,6-7H2,1H3,(H,30,31)(H,34,35)(H3,23,24,27,28,32). The number of nitrogens with one attached hydrogen (secondary N) is 2. The van der Waals surface area contributed by atoms with E-state index in [1.54, 1.807) is 6.92 Å². The summed E-state index contributed by atoms with van der Waals surface area (Å²) in [6.45, 7) is 1.77. The molecule has 13 nitrogen and oxygen atoms in total. The molecule has 2 aromatic heterocycles. The molecular weight excluding hydrogens is 505 g/mol. The number of nitrogens with two attached hydrogens (primary N) is 1. The lowest BCUT2D eigenvalue weighted by atomic mass is 10.1. The minimum absolute atomic E-state index is 0.0143. The van der Waals surface area contributed by atoms with Crippen LogP contribution in [0.1, 0.15) is 41.9 Å². The molecule has 3 aromatic rings. The third-order valence-electron chi connectivity index (χ3n) is 4.90. The number of nitrogens with zero attached hydrogens (tertiary/aromatic N) is 4. The molecule has 0 radical (unpaired) electrons. The SMILES string of the molecule is CC(Nc1ccc(C(=O)N(Cl)C(Cl)(CCC(=O)O)C(=O)O)cc1)c1cnc2nc(N)[nH]c(=O)c2n1. The fourth-order valence-electron chi connectivity index (χ4n) is 3.03. The minimum atomic E-state index is -2.45. The third-order valence-corrected chi connectivity index (χ3v) is 5.95. The number of halogens is 2. The van der Waals surface area contributed by atoms with Gasteiger partial charge in [-0.3, -0.25) is 19.4 Å². The van der Waals surface area contributed by atoms with Crippen LogP contribution < -0.4 is 16.6 Å². The van der Waals surface area contributed by atoms with Crippen LogP contribution in [-0.4, -0.2) is 57.4 Å². The van der Waals surface area contributed by atoms with Gasteiger partial charge in [0.2, 0.25) is 10.9 Å². The van der Waals surface area contributed by atoms with E-state index in [9.17, 15) is 24.3 Å². The van der Waals surface area contributed by atoms with Crippen molar-refractivity contribution < 1.29 is 24.6 Å². The lowest BCUT2D eigenvalue weighted by Crippen LogP contribution is -2.48. The Labute approximate surface area is 207 Å². The number of hydrogen-bond donors (Lipinski definition) is 5. The highest BCUT2D eigenvalue weighted by Crippen LogP contribution is 2.31. The maximum absolute atomic E-state index is 12.7. The second kappa shape index (κ2) is 10.1. The molecule has 6 N–H and O–H groups in total. The third kappa shape index (κ3) is 5.58. The predicted molar refractivity (Wildman–Crippen MR) is 126 cm³/mol. The van der Waals surface area contributed by atoms with E-state index in [-0.39, 0.29) is 27.1 Å². The Morgan fingerprint density at radius 1 is 1.23 bits per heavy atom. The fraction of sp³-hybridized carbons (Fsp3) is 0.250. The van der Waals surface area contributed by atoms with Crippen molar-refractivity contribution >= 4 is 64.0 Å². The van der Waals surface area contributed by atoms with E-state index >= 15 is 0 Å². The van der Waals surface area contributed by atoms with Crippen molar-refractivity contribution in [1.29, 1.82) is 0 Å². The summed E-state index contributed by atoms with van der Waals surface area (Å²) in [6, 6.07) is 5.42. The van der Waals surface area contributed by atoms with E-state index in [1.807, 2.05) is 0 Å². The van der Waals surface area contributed by atoms with Gasteiger partial charge in [0.25, 0.3) is 11.5 Å². The van der Waals surface area contributed by atoms with E-state index in [0.29, 0.717) is 11.4 Å². The van der Waals surface area contributed by atoms with Gasteiger partial charge < -0.3 is 21.3 Å². The summed E-state index contributed by atoms with van der Waals surface area (Å²) in [4.78, 5) is 59.3. The van der Waals surface area contributed by atoms with Gasteiger partial charge in [0.15, 0.2) is 11.2 Å². The van der Waals surface area contributed by atoms with Crippen LogP contribution >= 0.6 is 23.4 Å². The van der Waals surface area contributed by atoms with E-state index in [2.05, 4.69) is 25.3 Å². The van der Waals surface area contributed by atoms with Crippen LogP contribution in [0.4, 0.5) is 11.6 Å². The average molecular weight is 524 g/mol. The van der Waals surface area contributed by atoms with E-state index in [1.165, 1.54) is 30.5 Å². The number of alkyl halides is 1. The Balaban J connectivity index is 1.75. The van der Waals surface area contributed by atoms with Gasteiger partial charge in [-0.15, -0.1) is 0 Å². The highest BCUT2D eigenvalue weighted by Gasteiger charge is 2.45. The molecule has 0 aliphatic carbocycles. The van der Waals surface area contributed by atoms with Crippen LogP contribution in [0, 0.1) is 0 Å². The van der Waals surface area contributed by atoms with Crippen LogP contribution in [0.5, 0.6) is 0 Å². The smallest absolute Gasteiger partial charge is 0.346 e. The zero-order valence-electron chi connectivity index (χ0n) is 18.0. The van der Waals surface area contributed by atoms with Crippen molar-refractivity contribution in [2.45, 2.75) is 30.8 Å². The molecule has 2 atom stereocenters. The van der Waals surface area contributed by atoms with Gasteiger partial charge in [-0.1, -0.05) is 11.6 Å². The van der Waals surface area contributed by atoms with Crippen molar-refractivity contribution in [3.05, 3.63) is 52.1 Å².